The van der Waals surface area contributed by atoms with Crippen molar-refractivity contribution in [2.75, 3.05) is 39.4 Å². The lowest BCUT2D eigenvalue weighted by Crippen LogP contribution is -2.84. The Balaban J connectivity index is 1.04. The Morgan fingerprint density at radius 3 is 1.93 bits per heavy atom. The Kier molecular flexibility index (Phi) is 17.5. The highest BCUT2D eigenvalue weighted by Crippen LogP contribution is 2.33. The van der Waals surface area contributed by atoms with Gasteiger partial charge in [-0.3, -0.25) is 9.59 Å². The lowest BCUT2D eigenvalue weighted by atomic mass is 9.99. The van der Waals surface area contributed by atoms with Crippen molar-refractivity contribution in [3.05, 3.63) is 53.6 Å². The van der Waals surface area contributed by atoms with Crippen LogP contribution < -0.4 is 25.4 Å². The van der Waals surface area contributed by atoms with E-state index in [4.69, 9.17) is 18.9 Å². The van der Waals surface area contributed by atoms with Gasteiger partial charge in [0.1, 0.15) is 48.8 Å². The van der Waals surface area contributed by atoms with Gasteiger partial charge < -0.3 is 86.0 Å². The van der Waals surface area contributed by atoms with Gasteiger partial charge in [0.05, 0.1) is 26.3 Å². The van der Waals surface area contributed by atoms with E-state index >= 15 is 0 Å². The van der Waals surface area contributed by atoms with E-state index in [2.05, 4.69) is 16.0 Å². The number of aliphatic hydroxyl groups is 8. The number of hydrogen-bond donors (Lipinski definition) is 13. The van der Waals surface area contributed by atoms with E-state index in [1.54, 1.807) is 6.07 Å². The van der Waals surface area contributed by atoms with E-state index in [1.165, 1.54) is 42.5 Å². The molecule has 0 aliphatic carbocycles. The third kappa shape index (κ3) is 12.7. The number of benzene rings is 2. The number of hydrogen-bond acceptors (Lipinski definition) is 16. The van der Waals surface area contributed by atoms with Crippen LogP contribution in [0, 0.1) is 0 Å². The maximum absolute atomic E-state index is 12.3. The number of carbonyl (C=O) groups excluding carboxylic acids is 2. The first-order valence-electron chi connectivity index (χ1n) is 18.5. The maximum atomic E-state index is 12.3. The van der Waals surface area contributed by atoms with Crippen molar-refractivity contribution in [3.63, 3.8) is 0 Å². The quantitative estimate of drug-likeness (QED) is 0.0450. The maximum Gasteiger partial charge on any atom is 0.244 e. The average Bonchev–Trinajstić information content (AvgIpc) is 3.19. The van der Waals surface area contributed by atoms with Crippen molar-refractivity contribution in [1.29, 1.82) is 0 Å². The van der Waals surface area contributed by atoms with Gasteiger partial charge in [0.2, 0.25) is 24.4 Å². The van der Waals surface area contributed by atoms with Crippen molar-refractivity contribution in [2.45, 2.75) is 93.5 Å². The number of phenolic OH excluding ortho intramolecular Hbond substituents is 2. The molecule has 312 valence electrons. The van der Waals surface area contributed by atoms with E-state index in [-0.39, 0.29) is 41.2 Å². The molecular weight excluding hydrogens is 742 g/mol. The van der Waals surface area contributed by atoms with Crippen LogP contribution in [0.3, 0.4) is 0 Å². The average molecular weight is 797 g/mol. The van der Waals surface area contributed by atoms with Gasteiger partial charge in [0.15, 0.2) is 23.0 Å². The summed E-state index contributed by atoms with van der Waals surface area (Å²) in [6.07, 6.45) is -9.15. The second-order valence-corrected chi connectivity index (χ2v) is 13.6. The van der Waals surface area contributed by atoms with Crippen molar-refractivity contribution in [2.24, 2.45) is 0 Å². The fourth-order valence-electron chi connectivity index (χ4n) is 5.95. The van der Waals surface area contributed by atoms with Gasteiger partial charge in [-0.15, -0.1) is 0 Å². The number of aromatic hydroxyl groups is 2. The van der Waals surface area contributed by atoms with Crippen LogP contribution in [-0.4, -0.2) is 164 Å². The lowest BCUT2D eigenvalue weighted by molar-refractivity contribution is -0.655. The molecule has 2 aliphatic heterocycles. The minimum absolute atomic E-state index is 0.0493. The zero-order valence-corrected chi connectivity index (χ0v) is 30.7. The standard InChI is InChI=1S/C37H53N3O16/c41-18-26-30(47)32(49)34(51)36(55-26)53-24-9-5-20(16-23(24)44)6-10-28(45)39-14-2-1-12-38-13-3-15-40-29(46)11-7-21-4-8-22(43)25(17-21)54-37-35(52)33(50)31(48)27(19-42)56-37/h4-5,7-9,11,16-17,26-27,30-38,41-44,47-52H,1-3,6,10,12-15,18-19H2,(H,39,45)(H,40,46)/p+1/b11-7+/t26-,27-,30-,31-,32+,33+,34-,35-,36-,37-/m1/s1. The first-order chi connectivity index (χ1) is 26.8. The van der Waals surface area contributed by atoms with Crippen LogP contribution in [0.25, 0.3) is 6.08 Å². The van der Waals surface area contributed by atoms with Gasteiger partial charge in [-0.2, -0.15) is 0 Å². The van der Waals surface area contributed by atoms with Gasteiger partial charge in [-0.05, 0) is 60.7 Å². The Morgan fingerprint density at radius 1 is 0.696 bits per heavy atom. The molecule has 2 fully saturated rings. The lowest BCUT2D eigenvalue weighted by Gasteiger charge is -2.39. The highest BCUT2D eigenvalue weighted by molar-refractivity contribution is 5.91. The third-order valence-corrected chi connectivity index (χ3v) is 9.30. The zero-order chi connectivity index (χ0) is 40.8. The largest absolute Gasteiger partial charge is 0.504 e. The van der Waals surface area contributed by atoms with E-state index < -0.39 is 74.6 Å². The van der Waals surface area contributed by atoms with E-state index in [0.717, 1.165) is 32.4 Å². The normalized spacial score (nSPS) is 27.9. The van der Waals surface area contributed by atoms with Crippen molar-refractivity contribution < 1.29 is 84.9 Å². The number of nitrogens with one attached hydrogen (secondary N) is 2. The van der Waals surface area contributed by atoms with Gasteiger partial charge in [-0.1, -0.05) is 12.1 Å². The molecule has 2 aromatic rings. The van der Waals surface area contributed by atoms with E-state index in [0.29, 0.717) is 30.6 Å². The molecule has 0 saturated carbocycles. The summed E-state index contributed by atoms with van der Waals surface area (Å²) in [5, 5.41) is 107. The number of unbranched alkanes of at least 4 members (excludes halogenated alkanes) is 1. The molecule has 0 spiro atoms. The molecule has 2 aromatic carbocycles. The predicted octanol–water partition coefficient (Wildman–Crippen LogP) is -3.93. The van der Waals surface area contributed by atoms with Gasteiger partial charge in [0, 0.05) is 32.0 Å². The minimum Gasteiger partial charge on any atom is -0.504 e. The molecule has 10 atom stereocenters. The number of nitrogens with two attached hydrogens (primary N) is 1. The van der Waals surface area contributed by atoms with Gasteiger partial charge in [0.25, 0.3) is 0 Å². The molecule has 19 heteroatoms. The molecule has 19 nitrogen and oxygen atoms in total. The molecule has 2 aliphatic rings. The fraction of sp³-hybridized carbons (Fsp3) is 0.568. The number of carbonyl (C=O) groups is 2. The molecule has 56 heavy (non-hydrogen) atoms. The van der Waals surface area contributed by atoms with Crippen LogP contribution in [0.4, 0.5) is 0 Å². The van der Waals surface area contributed by atoms with E-state index in [1.807, 2.05) is 0 Å². The first-order valence-corrected chi connectivity index (χ1v) is 18.5. The van der Waals surface area contributed by atoms with Crippen molar-refractivity contribution in [3.8, 4) is 23.0 Å². The highest BCUT2D eigenvalue weighted by atomic mass is 16.7. The summed E-state index contributed by atoms with van der Waals surface area (Å²) in [6.45, 7) is 1.34. The van der Waals surface area contributed by atoms with Crippen LogP contribution in [0.5, 0.6) is 23.0 Å². The molecular formula is C37H54N3O16+. The second-order valence-electron chi connectivity index (χ2n) is 13.6. The van der Waals surface area contributed by atoms with Gasteiger partial charge >= 0.3 is 0 Å². The van der Waals surface area contributed by atoms with Crippen LogP contribution >= 0.6 is 0 Å². The van der Waals surface area contributed by atoms with Crippen molar-refractivity contribution >= 4 is 17.9 Å². The summed E-state index contributed by atoms with van der Waals surface area (Å²) in [5.74, 6) is -1.21. The molecule has 4 rings (SSSR count). The summed E-state index contributed by atoms with van der Waals surface area (Å²) in [5.41, 5.74) is 1.15. The molecule has 14 N–H and O–H groups in total. The van der Waals surface area contributed by atoms with Gasteiger partial charge in [-0.25, -0.2) is 0 Å². The molecule has 0 aromatic heterocycles. The topological polar surface area (TPSA) is 314 Å². The Morgan fingerprint density at radius 2 is 1.30 bits per heavy atom. The predicted molar refractivity (Wildman–Crippen MR) is 194 cm³/mol. The summed E-state index contributed by atoms with van der Waals surface area (Å²) < 4.78 is 21.6. The first kappa shape index (κ1) is 44.6. The zero-order valence-electron chi connectivity index (χ0n) is 30.7. The SMILES string of the molecule is O=C(/C=C/c1ccc(O)c(O[C@@H]2O[C@H](CO)[C@@H](O)[C@H](O)[C@H]2O)c1)NCCC[NH2+]CCCCNC(=O)CCc1ccc(O[C@@H]2O[C@H](CO)[C@@H](O)[C@H](O)[C@H]2O)c(O)c1. The Labute approximate surface area is 322 Å². The Hall–Kier alpha value is -4.12. The molecule has 2 heterocycles. The smallest absolute Gasteiger partial charge is 0.244 e. The molecule has 0 radical (unpaired) electrons. The second kappa shape index (κ2) is 22.0. The number of ether oxygens (including phenoxy) is 4. The molecule has 2 amide bonds. The minimum atomic E-state index is -1.65. The number of amides is 2. The number of quaternary nitrogens is 1. The fourth-order valence-corrected chi connectivity index (χ4v) is 5.95. The number of rotatable bonds is 20. The van der Waals surface area contributed by atoms with Crippen LogP contribution in [-0.2, 0) is 25.5 Å². The number of aryl methyl sites for hydroxylation is 1. The third-order valence-electron chi connectivity index (χ3n) is 9.30. The number of phenols is 2. The molecule has 0 unspecified atom stereocenters. The van der Waals surface area contributed by atoms with Crippen LogP contribution in [0.1, 0.15) is 36.8 Å². The Bertz CT molecular complexity index is 1580. The monoisotopic (exact) mass is 796 g/mol. The molecule has 2 saturated heterocycles. The highest BCUT2D eigenvalue weighted by Gasteiger charge is 2.46. The van der Waals surface area contributed by atoms with E-state index in [9.17, 15) is 60.7 Å². The van der Waals surface area contributed by atoms with Crippen molar-refractivity contribution in [1.82, 2.24) is 10.6 Å². The summed E-state index contributed by atoms with van der Waals surface area (Å²) in [6, 6.07) is 8.71. The van der Waals surface area contributed by atoms with Crippen LogP contribution in [0.2, 0.25) is 0 Å². The molecule has 0 bridgehead atoms. The van der Waals surface area contributed by atoms with Crippen LogP contribution in [0.15, 0.2) is 42.5 Å². The number of aliphatic hydroxyl groups excluding tert-OH is 8. The summed E-state index contributed by atoms with van der Waals surface area (Å²) >= 11 is 0. The summed E-state index contributed by atoms with van der Waals surface area (Å²) in [4.78, 5) is 24.6. The summed E-state index contributed by atoms with van der Waals surface area (Å²) in [7, 11) is 0.